The summed E-state index contributed by atoms with van der Waals surface area (Å²) >= 11 is 0. The van der Waals surface area contributed by atoms with Gasteiger partial charge < -0.3 is 18.6 Å². The monoisotopic (exact) mass is 312 g/mol. The molecule has 0 fully saturated rings. The smallest absolute Gasteiger partial charge is 0.347 e. The Hall–Kier alpha value is -2.76. The fourth-order valence-corrected chi connectivity index (χ4v) is 3.72. The second-order valence-electron chi connectivity index (χ2n) is 5.84. The van der Waals surface area contributed by atoms with Crippen molar-refractivity contribution in [1.29, 1.82) is 0 Å². The van der Waals surface area contributed by atoms with Crippen LogP contribution < -0.4 is 15.1 Å². The molecule has 0 radical (unpaired) electrons. The molecular formula is C17H12O6. The quantitative estimate of drug-likeness (QED) is 0.752. The summed E-state index contributed by atoms with van der Waals surface area (Å²) in [5.41, 5.74) is 1.49. The molecule has 2 aromatic rings. The highest BCUT2D eigenvalue weighted by Crippen LogP contribution is 2.50. The highest BCUT2D eigenvalue weighted by molar-refractivity contribution is 6.06. The van der Waals surface area contributed by atoms with Gasteiger partial charge in [-0.2, -0.15) is 0 Å². The van der Waals surface area contributed by atoms with Gasteiger partial charge in [0, 0.05) is 12.5 Å². The minimum Gasteiger partial charge on any atom is -0.496 e. The van der Waals surface area contributed by atoms with E-state index in [2.05, 4.69) is 0 Å². The maximum atomic E-state index is 12.3. The molecule has 116 valence electrons. The molecule has 23 heavy (non-hydrogen) atoms. The highest BCUT2D eigenvalue weighted by atomic mass is 16.7. The van der Waals surface area contributed by atoms with Gasteiger partial charge in [-0.15, -0.1) is 0 Å². The van der Waals surface area contributed by atoms with Crippen molar-refractivity contribution in [2.24, 2.45) is 0 Å². The van der Waals surface area contributed by atoms with Gasteiger partial charge in [-0.3, -0.25) is 4.79 Å². The molecule has 0 amide bonds. The third kappa shape index (κ3) is 1.48. The number of fused-ring (bicyclic) bond motifs is 7. The Morgan fingerprint density at radius 1 is 1.26 bits per heavy atom. The molecule has 1 aromatic heterocycles. The number of Topliss-reactive ketones (excluding diaryl/α,β-unsaturated/α-hetero) is 1. The molecular weight excluding hydrogens is 300 g/mol. The lowest BCUT2D eigenvalue weighted by molar-refractivity contribution is -0.00485. The summed E-state index contributed by atoms with van der Waals surface area (Å²) in [6.45, 7) is 0. The minimum atomic E-state index is -0.586. The molecule has 0 N–H and O–H groups in total. The lowest BCUT2D eigenvalue weighted by atomic mass is 9.95. The van der Waals surface area contributed by atoms with Crippen LogP contribution in [0.3, 0.4) is 0 Å². The van der Waals surface area contributed by atoms with Crippen molar-refractivity contribution in [2.75, 3.05) is 7.11 Å². The number of ether oxygens (including phenoxy) is 3. The Morgan fingerprint density at radius 2 is 2.13 bits per heavy atom. The SMILES string of the molecule is COc1cc2c(c3oc(=O)c4c(c13)CCC4=O)[C@H]1C=CO[C@@H]1O2. The number of carbonyl (C=O) groups is 1. The standard InChI is InChI=1S/C17H12O6/c1-20-10-6-11-14(8-4-5-21-17(8)22-11)15-13(10)7-2-3-9(18)12(7)16(19)23-15/h4-6,8,17H,2-3H2,1H3/t8-,17-/m1/s1. The number of ketones is 1. The molecule has 2 atom stereocenters. The third-order valence-corrected chi connectivity index (χ3v) is 4.72. The largest absolute Gasteiger partial charge is 0.496 e. The van der Waals surface area contributed by atoms with Crippen LogP contribution in [0, 0.1) is 0 Å². The van der Waals surface area contributed by atoms with Gasteiger partial charge in [-0.1, -0.05) is 0 Å². The summed E-state index contributed by atoms with van der Waals surface area (Å²) in [7, 11) is 1.54. The van der Waals surface area contributed by atoms with Gasteiger partial charge in [-0.25, -0.2) is 4.79 Å². The number of hydrogen-bond donors (Lipinski definition) is 0. The minimum absolute atomic E-state index is 0.128. The fraction of sp³-hybridized carbons (Fsp3) is 0.294. The van der Waals surface area contributed by atoms with Crippen LogP contribution in [-0.2, 0) is 11.2 Å². The van der Waals surface area contributed by atoms with E-state index in [0.29, 0.717) is 40.9 Å². The molecule has 1 aromatic carbocycles. The van der Waals surface area contributed by atoms with E-state index in [9.17, 15) is 9.59 Å². The third-order valence-electron chi connectivity index (χ3n) is 4.72. The molecule has 0 saturated heterocycles. The van der Waals surface area contributed by atoms with Crippen LogP contribution in [0.2, 0.25) is 0 Å². The van der Waals surface area contributed by atoms with Gasteiger partial charge >= 0.3 is 5.63 Å². The first-order chi connectivity index (χ1) is 11.2. The van der Waals surface area contributed by atoms with Gasteiger partial charge in [0.05, 0.1) is 30.2 Å². The Labute approximate surface area is 130 Å². The number of methoxy groups -OCH3 is 1. The van der Waals surface area contributed by atoms with Crippen LogP contribution in [-0.4, -0.2) is 19.2 Å². The van der Waals surface area contributed by atoms with Crippen LogP contribution in [0.5, 0.6) is 11.5 Å². The Morgan fingerprint density at radius 3 is 2.96 bits per heavy atom. The van der Waals surface area contributed by atoms with Gasteiger partial charge in [0.1, 0.15) is 22.6 Å². The maximum Gasteiger partial charge on any atom is 0.347 e. The predicted molar refractivity (Wildman–Crippen MR) is 79.1 cm³/mol. The van der Waals surface area contributed by atoms with E-state index in [1.165, 1.54) is 0 Å². The topological polar surface area (TPSA) is 75.0 Å². The van der Waals surface area contributed by atoms with E-state index in [-0.39, 0.29) is 17.3 Å². The number of hydrogen-bond acceptors (Lipinski definition) is 6. The Bertz CT molecular complexity index is 967. The lowest BCUT2D eigenvalue weighted by Gasteiger charge is -2.12. The van der Waals surface area contributed by atoms with Crippen molar-refractivity contribution in [2.45, 2.75) is 25.0 Å². The van der Waals surface area contributed by atoms with E-state index >= 15 is 0 Å². The van der Waals surface area contributed by atoms with Crippen molar-refractivity contribution in [3.63, 3.8) is 0 Å². The van der Waals surface area contributed by atoms with E-state index < -0.39 is 11.9 Å². The number of carbonyl (C=O) groups excluding carboxylic acids is 1. The van der Waals surface area contributed by atoms with Crippen molar-refractivity contribution in [3.05, 3.63) is 45.5 Å². The maximum absolute atomic E-state index is 12.3. The highest BCUT2D eigenvalue weighted by Gasteiger charge is 2.41. The van der Waals surface area contributed by atoms with Gasteiger partial charge in [0.15, 0.2) is 5.78 Å². The van der Waals surface area contributed by atoms with Gasteiger partial charge in [0.2, 0.25) is 0 Å². The first kappa shape index (κ1) is 12.8. The summed E-state index contributed by atoms with van der Waals surface area (Å²) in [6.07, 6.45) is 3.86. The summed E-state index contributed by atoms with van der Waals surface area (Å²) in [5, 5.41) is 0.691. The van der Waals surface area contributed by atoms with Crippen molar-refractivity contribution in [3.8, 4) is 11.5 Å². The molecule has 3 aliphatic rings. The van der Waals surface area contributed by atoms with Gasteiger partial charge in [-0.05, 0) is 18.1 Å². The predicted octanol–water partition coefficient (Wildman–Crippen LogP) is 2.28. The first-order valence-electron chi connectivity index (χ1n) is 7.41. The van der Waals surface area contributed by atoms with Crippen LogP contribution in [0.4, 0.5) is 0 Å². The van der Waals surface area contributed by atoms with Gasteiger partial charge in [0.25, 0.3) is 6.29 Å². The number of rotatable bonds is 1. The van der Waals surface area contributed by atoms with E-state index in [0.717, 1.165) is 5.56 Å². The summed E-state index contributed by atoms with van der Waals surface area (Å²) in [6, 6.07) is 1.77. The zero-order chi connectivity index (χ0) is 15.7. The Kier molecular flexibility index (Phi) is 2.30. The van der Waals surface area contributed by atoms with E-state index in [4.69, 9.17) is 18.6 Å². The van der Waals surface area contributed by atoms with Crippen molar-refractivity contribution < 1.29 is 23.4 Å². The van der Waals surface area contributed by atoms with Crippen molar-refractivity contribution in [1.82, 2.24) is 0 Å². The molecule has 2 aliphatic heterocycles. The molecule has 1 aliphatic carbocycles. The zero-order valence-electron chi connectivity index (χ0n) is 12.3. The summed E-state index contributed by atoms with van der Waals surface area (Å²) < 4.78 is 22.2. The van der Waals surface area contributed by atoms with Crippen molar-refractivity contribution >= 4 is 16.8 Å². The van der Waals surface area contributed by atoms with Crippen LogP contribution in [0.25, 0.3) is 11.0 Å². The number of aryl methyl sites for hydroxylation is 1. The van der Waals surface area contributed by atoms with Crippen LogP contribution >= 0.6 is 0 Å². The first-order valence-corrected chi connectivity index (χ1v) is 7.41. The summed E-state index contributed by atoms with van der Waals surface area (Å²) in [4.78, 5) is 24.3. The average molecular weight is 312 g/mol. The molecule has 0 unspecified atom stereocenters. The molecule has 5 rings (SSSR count). The van der Waals surface area contributed by atoms with E-state index in [1.807, 2.05) is 6.08 Å². The Balaban J connectivity index is 1.94. The van der Waals surface area contributed by atoms with Crippen LogP contribution in [0.15, 0.2) is 27.6 Å². The second-order valence-corrected chi connectivity index (χ2v) is 5.84. The molecule has 6 heteroatoms. The molecule has 0 saturated carbocycles. The molecule has 3 heterocycles. The second kappa shape index (κ2) is 4.16. The number of benzene rings is 1. The van der Waals surface area contributed by atoms with Crippen LogP contribution in [0.1, 0.15) is 33.8 Å². The normalized spacial score (nSPS) is 23.4. The fourth-order valence-electron chi connectivity index (χ4n) is 3.72. The summed E-state index contributed by atoms with van der Waals surface area (Å²) in [5.74, 6) is 0.826. The average Bonchev–Trinajstić information content (AvgIpc) is 3.20. The molecule has 0 bridgehead atoms. The molecule has 6 nitrogen and oxygen atoms in total. The molecule has 0 spiro atoms. The zero-order valence-corrected chi connectivity index (χ0v) is 12.3. The van der Waals surface area contributed by atoms with E-state index in [1.54, 1.807) is 19.4 Å². The lowest BCUT2D eigenvalue weighted by Crippen LogP contribution is -2.14.